The second-order valence-electron chi connectivity index (χ2n) is 7.33. The number of hydrogen-bond acceptors (Lipinski definition) is 8. The third-order valence-corrected chi connectivity index (χ3v) is 5.23. The molecule has 9 heteroatoms. The van der Waals surface area contributed by atoms with Gasteiger partial charge in [-0.3, -0.25) is 4.98 Å². The van der Waals surface area contributed by atoms with Gasteiger partial charge in [-0.1, -0.05) is 37.3 Å². The highest BCUT2D eigenvalue weighted by atomic mass is 16.3. The lowest BCUT2D eigenvalue weighted by molar-refractivity contribution is 0.280. The highest BCUT2D eigenvalue weighted by Crippen LogP contribution is 2.21. The van der Waals surface area contributed by atoms with Crippen molar-refractivity contribution in [3.05, 3.63) is 66.1 Å². The summed E-state index contributed by atoms with van der Waals surface area (Å²) in [5.41, 5.74) is 5.00. The number of aliphatic hydroxyl groups is 2. The Labute approximate surface area is 186 Å². The average Bonchev–Trinajstić information content (AvgIpc) is 3.26. The Hall–Kier alpha value is -3.56. The second kappa shape index (κ2) is 10.2. The maximum absolute atomic E-state index is 9.41. The van der Waals surface area contributed by atoms with Crippen LogP contribution in [0.15, 0.2) is 55.0 Å². The molecular weight excluding hydrogens is 406 g/mol. The molecule has 4 rings (SSSR count). The monoisotopic (exact) mass is 433 g/mol. The number of nitrogens with zero attached hydrogens (tertiary/aromatic N) is 6. The summed E-state index contributed by atoms with van der Waals surface area (Å²) in [7, 11) is 0. The van der Waals surface area contributed by atoms with Gasteiger partial charge in [-0.2, -0.15) is 19.6 Å². The number of aliphatic hydroxyl groups excluding tert-OH is 2. The van der Waals surface area contributed by atoms with E-state index in [2.05, 4.69) is 56.6 Å². The first-order valence-electron chi connectivity index (χ1n) is 10.7. The standard InChI is InChI=1S/C23H27N7O2/c1-2-18-16-26-30-21(18)27-23(29(10-12-31)11-13-32)28-22(30)25-14-17-5-7-19(8-6-17)20-4-3-9-24-15-20/h3-9,15-16,31-32H,2,10-14H2,1H3,(H,25,27,28). The Morgan fingerprint density at radius 2 is 1.75 bits per heavy atom. The third kappa shape index (κ3) is 4.68. The molecule has 0 spiro atoms. The average molecular weight is 434 g/mol. The van der Waals surface area contributed by atoms with Crippen molar-refractivity contribution in [3.63, 3.8) is 0 Å². The lowest BCUT2D eigenvalue weighted by atomic mass is 10.1. The topological polar surface area (TPSA) is 112 Å². The van der Waals surface area contributed by atoms with Crippen molar-refractivity contribution in [3.8, 4) is 11.1 Å². The first-order valence-corrected chi connectivity index (χ1v) is 10.7. The van der Waals surface area contributed by atoms with E-state index < -0.39 is 0 Å². The van der Waals surface area contributed by atoms with Crippen molar-refractivity contribution in [1.29, 1.82) is 0 Å². The maximum Gasteiger partial charge on any atom is 0.230 e. The van der Waals surface area contributed by atoms with E-state index in [1.807, 2.05) is 18.3 Å². The number of benzene rings is 1. The quantitative estimate of drug-likeness (QED) is 0.349. The predicted molar refractivity (Wildman–Crippen MR) is 124 cm³/mol. The van der Waals surface area contributed by atoms with Gasteiger partial charge >= 0.3 is 0 Å². The molecule has 0 aliphatic heterocycles. The number of fused-ring (bicyclic) bond motifs is 1. The molecule has 0 aliphatic carbocycles. The molecular formula is C23H27N7O2. The lowest BCUT2D eigenvalue weighted by Gasteiger charge is -2.21. The molecule has 0 saturated carbocycles. The van der Waals surface area contributed by atoms with Gasteiger partial charge in [0.2, 0.25) is 11.9 Å². The SMILES string of the molecule is CCc1cnn2c(NCc3ccc(-c4cccnc4)cc3)nc(N(CCO)CCO)nc12. The zero-order chi connectivity index (χ0) is 22.3. The van der Waals surface area contributed by atoms with Crippen molar-refractivity contribution in [2.24, 2.45) is 0 Å². The summed E-state index contributed by atoms with van der Waals surface area (Å²) in [5.74, 6) is 1.01. The summed E-state index contributed by atoms with van der Waals surface area (Å²) in [6, 6.07) is 12.2. The molecule has 0 bridgehead atoms. The summed E-state index contributed by atoms with van der Waals surface area (Å²) >= 11 is 0. The minimum atomic E-state index is -0.0551. The van der Waals surface area contributed by atoms with Crippen LogP contribution in [0.25, 0.3) is 16.8 Å². The fraction of sp³-hybridized carbons (Fsp3) is 0.304. The molecule has 0 amide bonds. The minimum absolute atomic E-state index is 0.0551. The summed E-state index contributed by atoms with van der Waals surface area (Å²) in [6.45, 7) is 3.17. The van der Waals surface area contributed by atoms with Crippen molar-refractivity contribution in [1.82, 2.24) is 24.6 Å². The molecule has 3 aromatic heterocycles. The van der Waals surface area contributed by atoms with Gasteiger partial charge < -0.3 is 20.4 Å². The van der Waals surface area contributed by atoms with Gasteiger partial charge in [-0.25, -0.2) is 0 Å². The molecule has 0 radical (unpaired) electrons. The molecule has 0 atom stereocenters. The van der Waals surface area contributed by atoms with Crippen LogP contribution in [0.1, 0.15) is 18.1 Å². The van der Waals surface area contributed by atoms with Crippen molar-refractivity contribution >= 4 is 17.5 Å². The van der Waals surface area contributed by atoms with E-state index in [0.29, 0.717) is 37.2 Å². The van der Waals surface area contributed by atoms with Gasteiger partial charge in [0.15, 0.2) is 5.65 Å². The zero-order valence-corrected chi connectivity index (χ0v) is 18.0. The van der Waals surface area contributed by atoms with Crippen LogP contribution in [0.5, 0.6) is 0 Å². The van der Waals surface area contributed by atoms with E-state index in [1.54, 1.807) is 21.8 Å². The van der Waals surface area contributed by atoms with E-state index in [-0.39, 0.29) is 13.2 Å². The van der Waals surface area contributed by atoms with E-state index in [0.717, 1.165) is 28.7 Å². The van der Waals surface area contributed by atoms with Gasteiger partial charge in [0.05, 0.1) is 19.4 Å². The molecule has 0 unspecified atom stereocenters. The van der Waals surface area contributed by atoms with E-state index in [1.165, 1.54) is 0 Å². The predicted octanol–water partition coefficient (Wildman–Crippen LogP) is 2.15. The normalized spacial score (nSPS) is 11.1. The number of nitrogens with one attached hydrogen (secondary N) is 1. The molecule has 1 aromatic carbocycles. The molecule has 0 fully saturated rings. The van der Waals surface area contributed by atoms with Crippen LogP contribution >= 0.6 is 0 Å². The highest BCUT2D eigenvalue weighted by Gasteiger charge is 2.16. The van der Waals surface area contributed by atoms with Crippen LogP contribution in [0.4, 0.5) is 11.9 Å². The Kier molecular flexibility index (Phi) is 6.88. The summed E-state index contributed by atoms with van der Waals surface area (Å²) in [4.78, 5) is 15.2. The number of hydrogen-bond donors (Lipinski definition) is 3. The van der Waals surface area contributed by atoms with Crippen molar-refractivity contribution in [2.75, 3.05) is 36.5 Å². The number of anilines is 2. The van der Waals surface area contributed by atoms with Gasteiger partial charge in [0, 0.05) is 37.6 Å². The molecule has 0 aliphatic rings. The molecule has 3 N–H and O–H groups in total. The molecule has 3 heterocycles. The Morgan fingerprint density at radius 3 is 2.41 bits per heavy atom. The van der Waals surface area contributed by atoms with Crippen LogP contribution < -0.4 is 10.2 Å². The lowest BCUT2D eigenvalue weighted by Crippen LogP contribution is -2.32. The van der Waals surface area contributed by atoms with Crippen molar-refractivity contribution < 1.29 is 10.2 Å². The Morgan fingerprint density at radius 1 is 0.969 bits per heavy atom. The summed E-state index contributed by atoms with van der Waals surface area (Å²) in [5, 5.41) is 26.6. The van der Waals surface area contributed by atoms with Crippen LogP contribution in [0, 0.1) is 0 Å². The van der Waals surface area contributed by atoms with E-state index >= 15 is 0 Å². The molecule has 32 heavy (non-hydrogen) atoms. The van der Waals surface area contributed by atoms with E-state index in [9.17, 15) is 10.2 Å². The van der Waals surface area contributed by atoms with Gasteiger partial charge in [0.25, 0.3) is 0 Å². The third-order valence-electron chi connectivity index (χ3n) is 5.23. The fourth-order valence-corrected chi connectivity index (χ4v) is 3.50. The first kappa shape index (κ1) is 21.7. The van der Waals surface area contributed by atoms with E-state index in [4.69, 9.17) is 0 Å². The minimum Gasteiger partial charge on any atom is -0.395 e. The Balaban J connectivity index is 1.59. The van der Waals surface area contributed by atoms with Crippen LogP contribution in [-0.2, 0) is 13.0 Å². The van der Waals surface area contributed by atoms with Crippen LogP contribution in [0.2, 0.25) is 0 Å². The largest absolute Gasteiger partial charge is 0.395 e. The zero-order valence-electron chi connectivity index (χ0n) is 18.0. The van der Waals surface area contributed by atoms with Crippen molar-refractivity contribution in [2.45, 2.75) is 19.9 Å². The maximum atomic E-state index is 9.41. The highest BCUT2D eigenvalue weighted by molar-refractivity contribution is 5.62. The first-order chi connectivity index (χ1) is 15.7. The van der Waals surface area contributed by atoms with Crippen LogP contribution in [0.3, 0.4) is 0 Å². The Bertz CT molecular complexity index is 1140. The molecule has 4 aromatic rings. The smallest absolute Gasteiger partial charge is 0.230 e. The number of aromatic nitrogens is 5. The molecule has 9 nitrogen and oxygen atoms in total. The molecule has 0 saturated heterocycles. The fourth-order valence-electron chi connectivity index (χ4n) is 3.50. The second-order valence-corrected chi connectivity index (χ2v) is 7.33. The molecule has 166 valence electrons. The number of rotatable bonds is 10. The summed E-state index contributed by atoms with van der Waals surface area (Å²) in [6.07, 6.45) is 6.19. The van der Waals surface area contributed by atoms with Gasteiger partial charge in [0.1, 0.15) is 0 Å². The number of pyridine rings is 1. The number of aryl methyl sites for hydroxylation is 1. The van der Waals surface area contributed by atoms with Crippen LogP contribution in [-0.4, -0.2) is 61.1 Å². The van der Waals surface area contributed by atoms with Gasteiger partial charge in [-0.15, -0.1) is 0 Å². The summed E-state index contributed by atoms with van der Waals surface area (Å²) < 4.78 is 1.70. The van der Waals surface area contributed by atoms with Gasteiger partial charge in [-0.05, 0) is 29.2 Å².